The second-order valence-electron chi connectivity index (χ2n) is 5.71. The van der Waals surface area contributed by atoms with Crippen molar-refractivity contribution in [1.29, 1.82) is 0 Å². The van der Waals surface area contributed by atoms with E-state index in [1.54, 1.807) is 23.5 Å². The predicted octanol–water partition coefficient (Wildman–Crippen LogP) is 2.50. The van der Waals surface area contributed by atoms with Gasteiger partial charge in [-0.05, 0) is 19.1 Å². The Bertz CT molecular complexity index is 993. The number of carbonyl (C=O) groups excluding carboxylic acids is 1. The predicted molar refractivity (Wildman–Crippen MR) is 109 cm³/mol. The average Bonchev–Trinajstić information content (AvgIpc) is 3.21. The van der Waals surface area contributed by atoms with E-state index in [4.69, 9.17) is 0 Å². The lowest BCUT2D eigenvalue weighted by Crippen LogP contribution is -2.23. The highest BCUT2D eigenvalue weighted by molar-refractivity contribution is 8.01. The van der Waals surface area contributed by atoms with Crippen LogP contribution in [0.25, 0.3) is 5.69 Å². The van der Waals surface area contributed by atoms with E-state index >= 15 is 0 Å². The van der Waals surface area contributed by atoms with Crippen LogP contribution in [0.4, 0.5) is 10.8 Å². The van der Waals surface area contributed by atoms with Gasteiger partial charge in [-0.2, -0.15) is 0 Å². The van der Waals surface area contributed by atoms with Crippen molar-refractivity contribution in [3.63, 3.8) is 0 Å². The first-order valence-electron chi connectivity index (χ1n) is 8.29. The van der Waals surface area contributed by atoms with Crippen molar-refractivity contribution in [3.8, 4) is 5.69 Å². The standard InChI is InChI=1S/C17H20N6O2S2/c1-11-14(15(25)23(22(11)3)12-7-5-4-6-8-12)19-13(24)9-10-26-17-21-20-16(18-2)27-17/h4-8H,9-10H2,1-3H3,(H,18,20)(H,19,24). The molecule has 2 N–H and O–H groups in total. The molecular weight excluding hydrogens is 384 g/mol. The maximum atomic E-state index is 12.8. The van der Waals surface area contributed by atoms with Gasteiger partial charge in [0.1, 0.15) is 5.69 Å². The average molecular weight is 405 g/mol. The second-order valence-corrected chi connectivity index (χ2v) is 8.03. The zero-order valence-corrected chi connectivity index (χ0v) is 16.9. The zero-order valence-electron chi connectivity index (χ0n) is 15.2. The molecule has 0 aliphatic heterocycles. The Labute approximate surface area is 164 Å². The third-order valence-electron chi connectivity index (χ3n) is 3.99. The van der Waals surface area contributed by atoms with Gasteiger partial charge in [0, 0.05) is 26.3 Å². The number of anilines is 2. The highest BCUT2D eigenvalue weighted by Gasteiger charge is 2.18. The van der Waals surface area contributed by atoms with E-state index in [2.05, 4.69) is 20.8 Å². The lowest BCUT2D eigenvalue weighted by Gasteiger charge is -2.07. The fraction of sp³-hybridized carbons (Fsp3) is 0.294. The Morgan fingerprint density at radius 3 is 2.67 bits per heavy atom. The minimum atomic E-state index is -0.245. The molecule has 0 spiro atoms. The van der Waals surface area contributed by atoms with Crippen LogP contribution >= 0.6 is 23.1 Å². The molecule has 27 heavy (non-hydrogen) atoms. The van der Waals surface area contributed by atoms with E-state index in [-0.39, 0.29) is 17.9 Å². The molecule has 0 aliphatic rings. The molecule has 0 atom stereocenters. The summed E-state index contributed by atoms with van der Waals surface area (Å²) in [6, 6.07) is 9.33. The van der Waals surface area contributed by atoms with Gasteiger partial charge in [0.2, 0.25) is 11.0 Å². The number of hydrogen-bond acceptors (Lipinski definition) is 7. The number of nitrogens with zero attached hydrogens (tertiary/aromatic N) is 4. The van der Waals surface area contributed by atoms with Crippen LogP contribution in [0, 0.1) is 6.92 Å². The first kappa shape index (κ1) is 19.2. The lowest BCUT2D eigenvalue weighted by molar-refractivity contribution is -0.115. The fourth-order valence-corrected chi connectivity index (χ4v) is 4.23. The molecule has 0 fully saturated rings. The number of para-hydroxylation sites is 1. The summed E-state index contributed by atoms with van der Waals surface area (Å²) in [5.41, 5.74) is 1.52. The molecule has 0 unspecified atom stereocenters. The number of nitrogens with one attached hydrogen (secondary N) is 2. The molecule has 3 rings (SSSR count). The smallest absolute Gasteiger partial charge is 0.295 e. The van der Waals surface area contributed by atoms with Crippen LogP contribution < -0.4 is 16.2 Å². The third-order valence-corrected chi connectivity index (χ3v) is 6.07. The first-order valence-corrected chi connectivity index (χ1v) is 10.1. The maximum absolute atomic E-state index is 12.8. The van der Waals surface area contributed by atoms with Gasteiger partial charge in [-0.1, -0.05) is 41.3 Å². The minimum Gasteiger partial charge on any atom is -0.363 e. The van der Waals surface area contributed by atoms with Gasteiger partial charge >= 0.3 is 0 Å². The normalized spacial score (nSPS) is 10.8. The van der Waals surface area contributed by atoms with Crippen LogP contribution in [-0.4, -0.2) is 38.3 Å². The van der Waals surface area contributed by atoms with Crippen molar-refractivity contribution >= 4 is 39.8 Å². The molecule has 0 saturated carbocycles. The van der Waals surface area contributed by atoms with E-state index < -0.39 is 0 Å². The summed E-state index contributed by atoms with van der Waals surface area (Å²) >= 11 is 2.90. The highest BCUT2D eigenvalue weighted by Crippen LogP contribution is 2.25. The molecule has 0 radical (unpaired) electrons. The lowest BCUT2D eigenvalue weighted by atomic mass is 10.3. The van der Waals surface area contributed by atoms with Crippen molar-refractivity contribution < 1.29 is 4.79 Å². The largest absolute Gasteiger partial charge is 0.363 e. The topological polar surface area (TPSA) is 93.8 Å². The Morgan fingerprint density at radius 1 is 1.26 bits per heavy atom. The first-order chi connectivity index (χ1) is 13.0. The molecule has 0 bridgehead atoms. The van der Waals surface area contributed by atoms with Crippen LogP contribution in [0.2, 0.25) is 0 Å². The van der Waals surface area contributed by atoms with E-state index in [0.717, 1.165) is 15.2 Å². The summed E-state index contributed by atoms with van der Waals surface area (Å²) in [7, 11) is 3.58. The summed E-state index contributed by atoms with van der Waals surface area (Å²) in [5.74, 6) is 0.356. The van der Waals surface area contributed by atoms with Crippen LogP contribution in [0.15, 0.2) is 39.5 Å². The number of benzene rings is 1. The molecule has 1 amide bonds. The van der Waals surface area contributed by atoms with Crippen LogP contribution in [-0.2, 0) is 11.8 Å². The molecule has 10 heteroatoms. The van der Waals surface area contributed by atoms with Crippen LogP contribution in [0.5, 0.6) is 0 Å². The summed E-state index contributed by atoms with van der Waals surface area (Å²) in [5, 5.41) is 14.4. The Kier molecular flexibility index (Phi) is 5.97. The van der Waals surface area contributed by atoms with E-state index in [0.29, 0.717) is 17.1 Å². The van der Waals surface area contributed by atoms with Gasteiger partial charge < -0.3 is 10.6 Å². The third kappa shape index (κ3) is 4.22. The van der Waals surface area contributed by atoms with Gasteiger partial charge in [0.05, 0.1) is 11.4 Å². The second kappa shape index (κ2) is 8.40. The molecule has 142 valence electrons. The Balaban J connectivity index is 1.66. The van der Waals surface area contributed by atoms with Crippen molar-refractivity contribution in [2.75, 3.05) is 23.4 Å². The van der Waals surface area contributed by atoms with Gasteiger partial charge in [0.25, 0.3) is 5.56 Å². The molecule has 2 aromatic heterocycles. The number of hydrogen-bond donors (Lipinski definition) is 2. The molecule has 1 aromatic carbocycles. The summed E-state index contributed by atoms with van der Waals surface area (Å²) in [6.45, 7) is 1.81. The SMILES string of the molecule is CNc1nnc(SCCC(=O)Nc2c(C)n(C)n(-c3ccccc3)c2=O)s1. The highest BCUT2D eigenvalue weighted by atomic mass is 32.2. The van der Waals surface area contributed by atoms with Crippen LogP contribution in [0.1, 0.15) is 12.1 Å². The Morgan fingerprint density at radius 2 is 2.00 bits per heavy atom. The molecular formula is C17H20N6O2S2. The number of aromatic nitrogens is 4. The quantitative estimate of drug-likeness (QED) is 0.588. The number of carbonyl (C=O) groups is 1. The molecule has 2 heterocycles. The van der Waals surface area contributed by atoms with Crippen LogP contribution in [0.3, 0.4) is 0 Å². The van der Waals surface area contributed by atoms with Gasteiger partial charge in [-0.15, -0.1) is 10.2 Å². The number of thioether (sulfide) groups is 1. The zero-order chi connectivity index (χ0) is 19.4. The number of rotatable bonds is 7. The van der Waals surface area contributed by atoms with Crippen molar-refractivity contribution in [2.24, 2.45) is 7.05 Å². The summed E-state index contributed by atoms with van der Waals surface area (Å²) in [4.78, 5) is 25.1. The monoisotopic (exact) mass is 404 g/mol. The number of amides is 1. The van der Waals surface area contributed by atoms with Crippen molar-refractivity contribution in [1.82, 2.24) is 19.6 Å². The maximum Gasteiger partial charge on any atom is 0.295 e. The van der Waals surface area contributed by atoms with Crippen molar-refractivity contribution in [3.05, 3.63) is 46.4 Å². The molecule has 0 aliphatic carbocycles. The van der Waals surface area contributed by atoms with E-state index in [9.17, 15) is 9.59 Å². The van der Waals surface area contributed by atoms with E-state index in [1.807, 2.05) is 37.3 Å². The summed E-state index contributed by atoms with van der Waals surface area (Å²) in [6.07, 6.45) is 0.276. The molecule has 8 nitrogen and oxygen atoms in total. The van der Waals surface area contributed by atoms with Crippen molar-refractivity contribution in [2.45, 2.75) is 17.7 Å². The minimum absolute atomic E-state index is 0.202. The van der Waals surface area contributed by atoms with Gasteiger partial charge in [0.15, 0.2) is 4.34 Å². The summed E-state index contributed by atoms with van der Waals surface area (Å²) < 4.78 is 4.08. The molecule has 0 saturated heterocycles. The van der Waals surface area contributed by atoms with Gasteiger partial charge in [-0.25, -0.2) is 4.68 Å². The van der Waals surface area contributed by atoms with Gasteiger partial charge in [-0.3, -0.25) is 14.3 Å². The Hall–Kier alpha value is -2.59. The molecule has 3 aromatic rings. The fourth-order valence-electron chi connectivity index (χ4n) is 2.51. The van der Waals surface area contributed by atoms with E-state index in [1.165, 1.54) is 23.1 Å².